The van der Waals surface area contributed by atoms with Gasteiger partial charge in [-0.05, 0) is 268 Å². The molecule has 119 heavy (non-hydrogen) atoms. The zero-order valence-electron chi connectivity index (χ0n) is 66.7. The van der Waals surface area contributed by atoms with Crippen molar-refractivity contribution in [2.24, 2.45) is 0 Å². The Balaban J connectivity index is 0.612. The van der Waals surface area contributed by atoms with Crippen molar-refractivity contribution in [1.82, 2.24) is 0 Å². The Kier molecular flexibility index (Phi) is 14.1. The second-order valence-electron chi connectivity index (χ2n) is 34.8. The SMILES string of the molecule is CC1(C)c2ccccc2-c2ccc(N(c3ccc(-c4ccc(C5(c6ccccc6)c6ccccc6-c6ccc(N(c7ccc8c(c7)C(C)(C)c7ccccc7-8)c7ccc8c(c7)C7(c9ccccc9-c9ccccc97)c7ccccc7-8)cc65)cc4)cc3)c3ccc(-c4ccc5c(c4)C4(c6ccccc6-c6ccccc64)c4ccccc4-5)cc3)cc21. The molecule has 0 aliphatic heterocycles. The van der Waals surface area contributed by atoms with E-state index in [1.165, 1.54) is 178 Å². The van der Waals surface area contributed by atoms with E-state index in [0.717, 1.165) is 45.3 Å². The van der Waals surface area contributed by atoms with Crippen LogP contribution in [0.2, 0.25) is 0 Å². The third-order valence-electron chi connectivity index (χ3n) is 28.6. The lowest BCUT2D eigenvalue weighted by atomic mass is 9.67. The Labute approximate surface area is 695 Å². The normalized spacial score (nSPS) is 15.9. The molecular formula is C117H80N2. The first-order chi connectivity index (χ1) is 58.5. The smallest absolute Gasteiger partial charge is 0.0726 e. The largest absolute Gasteiger partial charge is 0.310 e. The van der Waals surface area contributed by atoms with E-state index in [0.29, 0.717) is 0 Å². The number of fused-ring (bicyclic) bond motifs is 29. The van der Waals surface area contributed by atoms with Crippen molar-refractivity contribution in [3.05, 3.63) is 502 Å². The van der Waals surface area contributed by atoms with Crippen molar-refractivity contribution in [3.8, 4) is 100 Å². The van der Waals surface area contributed by atoms with Crippen LogP contribution in [0.1, 0.15) is 117 Å². The van der Waals surface area contributed by atoms with Gasteiger partial charge in [0.15, 0.2) is 0 Å². The van der Waals surface area contributed by atoms with Crippen LogP contribution < -0.4 is 9.80 Å². The minimum absolute atomic E-state index is 0.185. The first-order valence-corrected chi connectivity index (χ1v) is 42.1. The molecule has 2 spiro atoms. The Hall–Kier alpha value is -14.4. The van der Waals surface area contributed by atoms with Gasteiger partial charge in [0.05, 0.1) is 16.2 Å². The highest BCUT2D eigenvalue weighted by Crippen LogP contribution is 2.67. The van der Waals surface area contributed by atoms with Crippen LogP contribution in [0.5, 0.6) is 0 Å². The third-order valence-corrected chi connectivity index (χ3v) is 28.6. The number of rotatable bonds is 10. The van der Waals surface area contributed by atoms with Crippen LogP contribution in [-0.4, -0.2) is 0 Å². The first-order valence-electron chi connectivity index (χ1n) is 42.1. The predicted molar refractivity (Wildman–Crippen MR) is 492 cm³/mol. The summed E-state index contributed by atoms with van der Waals surface area (Å²) in [5, 5.41) is 0. The van der Waals surface area contributed by atoms with E-state index >= 15 is 0 Å². The summed E-state index contributed by atoms with van der Waals surface area (Å²) in [4.78, 5) is 5.04. The average molecular weight is 1510 g/mol. The molecule has 0 saturated heterocycles. The number of anilines is 6. The molecule has 18 aromatic rings. The molecule has 0 fully saturated rings. The Morgan fingerprint density at radius 3 is 0.706 bits per heavy atom. The maximum atomic E-state index is 2.58. The van der Waals surface area contributed by atoms with Gasteiger partial charge in [-0.1, -0.05) is 361 Å². The second kappa shape index (κ2) is 24.8. The van der Waals surface area contributed by atoms with E-state index in [1.807, 2.05) is 0 Å². The molecule has 0 N–H and O–H groups in total. The minimum Gasteiger partial charge on any atom is -0.310 e. The van der Waals surface area contributed by atoms with Gasteiger partial charge in [-0.25, -0.2) is 0 Å². The van der Waals surface area contributed by atoms with Crippen molar-refractivity contribution in [2.75, 3.05) is 9.80 Å². The van der Waals surface area contributed by atoms with Crippen LogP contribution in [0.25, 0.3) is 100 Å². The standard InChI is InChI=1S/C117H80N2/c1-113(2)99-37-17-8-28-85(99)94-64-59-81(69-108(94)113)118(80-57-50-75(51-58-80)76-52-63-96-92-35-15-24-44-106(92)116(110(96)68-76)102-40-20-11-30-87(102)88-31-12-21-41-103(88)116)79-55-48-74(49-56-79)73-46-53-78(54-47-73)115(77-26-6-5-7-27-77)101-39-19-10-34-91(101)97-66-61-83(71-111(97)115)119(82-60-65-95-86-29-9-18-38-100(86)114(3,4)109(95)70-82)84-62-67-98-93-36-16-25-45-107(93)117(112(98)72-84)104-42-22-13-32-89(104)90-33-14-23-43-105(90)117/h5-72H,1-4H3. The van der Waals surface area contributed by atoms with Crippen LogP contribution in [0.3, 0.4) is 0 Å². The van der Waals surface area contributed by atoms with Gasteiger partial charge in [-0.2, -0.15) is 0 Å². The Bertz CT molecular complexity index is 7230. The summed E-state index contributed by atoms with van der Waals surface area (Å²) in [6, 6.07) is 158. The molecule has 1 atom stereocenters. The molecule has 0 radical (unpaired) electrons. The van der Waals surface area contributed by atoms with Gasteiger partial charge >= 0.3 is 0 Å². The van der Waals surface area contributed by atoms with Crippen LogP contribution in [-0.2, 0) is 27.1 Å². The van der Waals surface area contributed by atoms with E-state index in [9.17, 15) is 0 Å². The van der Waals surface area contributed by atoms with Crippen LogP contribution >= 0.6 is 0 Å². The van der Waals surface area contributed by atoms with Crippen LogP contribution in [0, 0.1) is 0 Å². The highest BCUT2D eigenvalue weighted by molar-refractivity contribution is 6.00. The van der Waals surface area contributed by atoms with Crippen molar-refractivity contribution in [3.63, 3.8) is 0 Å². The van der Waals surface area contributed by atoms with Gasteiger partial charge in [0.1, 0.15) is 0 Å². The fourth-order valence-corrected chi connectivity index (χ4v) is 23.5. The highest BCUT2D eigenvalue weighted by Gasteiger charge is 2.54. The number of hydrogen-bond acceptors (Lipinski definition) is 2. The van der Waals surface area contributed by atoms with Crippen LogP contribution in [0.15, 0.2) is 413 Å². The number of nitrogens with zero attached hydrogens (tertiary/aromatic N) is 2. The first kappa shape index (κ1) is 67.8. The fraction of sp³-hybridized carbons (Fsp3) is 0.0769. The molecule has 0 amide bonds. The third kappa shape index (κ3) is 9.05. The summed E-state index contributed by atoms with van der Waals surface area (Å²) in [7, 11) is 0. The summed E-state index contributed by atoms with van der Waals surface area (Å²) < 4.78 is 0. The van der Waals surface area contributed by atoms with E-state index in [4.69, 9.17) is 0 Å². The van der Waals surface area contributed by atoms with Gasteiger partial charge in [0.2, 0.25) is 0 Å². The van der Waals surface area contributed by atoms with Crippen molar-refractivity contribution >= 4 is 34.1 Å². The quantitative estimate of drug-likeness (QED) is 0.135. The molecule has 2 heteroatoms. The molecule has 558 valence electrons. The van der Waals surface area contributed by atoms with E-state index in [-0.39, 0.29) is 10.8 Å². The monoisotopic (exact) mass is 1510 g/mol. The summed E-state index contributed by atoms with van der Waals surface area (Å²) >= 11 is 0. The number of hydrogen-bond donors (Lipinski definition) is 0. The van der Waals surface area contributed by atoms with Crippen LogP contribution in [0.4, 0.5) is 34.1 Å². The summed E-state index contributed by atoms with van der Waals surface area (Å²) in [6.45, 7) is 9.57. The highest BCUT2D eigenvalue weighted by atomic mass is 15.1. The van der Waals surface area contributed by atoms with E-state index in [1.54, 1.807) is 0 Å². The van der Waals surface area contributed by atoms with Gasteiger partial charge in [0.25, 0.3) is 0 Å². The van der Waals surface area contributed by atoms with Gasteiger partial charge in [0, 0.05) is 45.0 Å². The maximum Gasteiger partial charge on any atom is 0.0726 e. The molecule has 0 aromatic heterocycles. The van der Waals surface area contributed by atoms with Crippen molar-refractivity contribution < 1.29 is 0 Å². The Morgan fingerprint density at radius 1 is 0.143 bits per heavy atom. The maximum absolute atomic E-state index is 2.58. The summed E-state index contributed by atoms with van der Waals surface area (Å²) in [6.07, 6.45) is 0. The molecule has 0 bridgehead atoms. The van der Waals surface area contributed by atoms with E-state index < -0.39 is 16.2 Å². The molecule has 2 nitrogen and oxygen atoms in total. The molecule has 25 rings (SSSR count). The van der Waals surface area contributed by atoms with E-state index in [2.05, 4.69) is 450 Å². The van der Waals surface area contributed by atoms with Gasteiger partial charge in [-0.15, -0.1) is 0 Å². The predicted octanol–water partition coefficient (Wildman–Crippen LogP) is 29.6. The fourth-order valence-electron chi connectivity index (χ4n) is 23.5. The second-order valence-corrected chi connectivity index (χ2v) is 34.8. The minimum atomic E-state index is -0.704. The zero-order valence-corrected chi connectivity index (χ0v) is 66.7. The molecule has 7 aliphatic carbocycles. The van der Waals surface area contributed by atoms with Gasteiger partial charge < -0.3 is 9.80 Å². The molecule has 7 aliphatic rings. The lowest BCUT2D eigenvalue weighted by molar-refractivity contribution is 0.660. The molecule has 18 aromatic carbocycles. The molecule has 0 saturated carbocycles. The zero-order chi connectivity index (χ0) is 78.8. The Morgan fingerprint density at radius 2 is 0.353 bits per heavy atom. The topological polar surface area (TPSA) is 6.48 Å². The summed E-state index contributed by atoms with van der Waals surface area (Å²) in [5.41, 5.74) is 48.4. The van der Waals surface area contributed by atoms with Crippen molar-refractivity contribution in [1.29, 1.82) is 0 Å². The average Bonchev–Trinajstić information content (AvgIpc) is 1.51. The lowest BCUT2D eigenvalue weighted by Gasteiger charge is -2.35. The molecule has 1 unspecified atom stereocenters. The number of benzene rings is 18. The summed E-state index contributed by atoms with van der Waals surface area (Å²) in [5.74, 6) is 0. The lowest BCUT2D eigenvalue weighted by Crippen LogP contribution is -2.29. The van der Waals surface area contributed by atoms with Gasteiger partial charge in [-0.3, -0.25) is 0 Å². The molecule has 0 heterocycles. The molecular weight excluding hydrogens is 1430 g/mol. The van der Waals surface area contributed by atoms with Crippen molar-refractivity contribution in [2.45, 2.75) is 54.8 Å².